The minimum absolute atomic E-state index is 1.01. The largest absolute Gasteiger partial charge is 0.120 e. The van der Waals surface area contributed by atoms with Crippen LogP contribution in [0.5, 0.6) is 0 Å². The molecule has 2 aliphatic rings. The molecule has 2 aromatic carbocycles. The van der Waals surface area contributed by atoms with Gasteiger partial charge in [0, 0.05) is 0 Å². The fraction of sp³-hybridized carbons (Fsp3) is 0.0556. The average molecular weight is 228 g/mol. The first-order valence-electron chi connectivity index (χ1n) is 6.29. The maximum absolute atomic E-state index is 3.21. The van der Waals surface area contributed by atoms with Gasteiger partial charge in [-0.25, -0.2) is 0 Å². The van der Waals surface area contributed by atoms with Crippen molar-refractivity contribution in [2.45, 2.75) is 6.42 Å². The summed E-state index contributed by atoms with van der Waals surface area (Å²) in [6.45, 7) is 0. The molecule has 0 heterocycles. The summed E-state index contributed by atoms with van der Waals surface area (Å²) in [6.07, 6.45) is 14.0. The van der Waals surface area contributed by atoms with Crippen molar-refractivity contribution in [3.05, 3.63) is 63.7 Å². The molecule has 0 atom stereocenters. The summed E-state index contributed by atoms with van der Waals surface area (Å²) in [6, 6.07) is 8.85. The van der Waals surface area contributed by atoms with Crippen LogP contribution in [0.1, 0.15) is 17.5 Å². The molecule has 0 bridgehead atoms. The summed E-state index contributed by atoms with van der Waals surface area (Å²) >= 11 is 0. The molecular weight excluding hydrogens is 216 g/mol. The van der Waals surface area contributed by atoms with E-state index < -0.39 is 0 Å². The molecule has 84 valence electrons. The van der Waals surface area contributed by atoms with Gasteiger partial charge in [-0.05, 0) is 57.0 Å². The van der Waals surface area contributed by atoms with Gasteiger partial charge in [0.2, 0.25) is 0 Å². The van der Waals surface area contributed by atoms with Crippen LogP contribution in [0.15, 0.2) is 42.1 Å². The van der Waals surface area contributed by atoms with Crippen LogP contribution < -0.4 is 10.4 Å². The third-order valence-electron chi connectivity index (χ3n) is 3.66. The molecule has 0 aromatic heterocycles. The Kier molecular flexibility index (Phi) is 1.94. The van der Waals surface area contributed by atoms with E-state index in [1.165, 1.54) is 32.3 Å². The van der Waals surface area contributed by atoms with Gasteiger partial charge >= 0.3 is 0 Å². The van der Waals surface area contributed by atoms with Gasteiger partial charge in [0.25, 0.3) is 0 Å². The van der Waals surface area contributed by atoms with Gasteiger partial charge in [0.1, 0.15) is 0 Å². The minimum atomic E-state index is 1.01. The normalized spacial score (nSPS) is 14.9. The second-order valence-corrected chi connectivity index (χ2v) is 4.72. The van der Waals surface area contributed by atoms with E-state index in [4.69, 9.17) is 0 Å². The Morgan fingerprint density at radius 2 is 1.72 bits per heavy atom. The van der Waals surface area contributed by atoms with Gasteiger partial charge in [-0.1, -0.05) is 42.5 Å². The highest BCUT2D eigenvalue weighted by Gasteiger charge is 2.07. The van der Waals surface area contributed by atoms with E-state index in [1.807, 2.05) is 6.08 Å². The van der Waals surface area contributed by atoms with E-state index in [0.717, 1.165) is 6.42 Å². The quantitative estimate of drug-likeness (QED) is 0.608. The summed E-state index contributed by atoms with van der Waals surface area (Å²) in [5, 5.41) is 5.37. The maximum atomic E-state index is 3.21. The first kappa shape index (κ1) is 9.70. The molecule has 0 fully saturated rings. The molecule has 0 saturated heterocycles. The Balaban J connectivity index is 2.40. The zero-order valence-corrected chi connectivity index (χ0v) is 9.98. The Bertz CT molecular complexity index is 870. The van der Waals surface area contributed by atoms with Gasteiger partial charge in [-0.3, -0.25) is 0 Å². The van der Waals surface area contributed by atoms with Gasteiger partial charge < -0.3 is 0 Å². The smallest absolute Gasteiger partial charge is 0.00205 e. The van der Waals surface area contributed by atoms with E-state index >= 15 is 0 Å². The average Bonchev–Trinajstić information content (AvgIpc) is 2.72. The molecular formula is C18H12. The third kappa shape index (κ3) is 1.27. The standard InChI is InChI=1S/C18H12/c1-2-6-14-11-12-16-8-4-3-7-15-10-9-13(5-1)17(14)18(15)16/h1,4-12H,2H2. The second-order valence-electron chi connectivity index (χ2n) is 4.72. The van der Waals surface area contributed by atoms with E-state index in [2.05, 4.69) is 60.4 Å². The van der Waals surface area contributed by atoms with Crippen molar-refractivity contribution in [1.29, 1.82) is 0 Å². The van der Waals surface area contributed by atoms with Gasteiger partial charge in [-0.2, -0.15) is 0 Å². The summed E-state index contributed by atoms with van der Waals surface area (Å²) < 4.78 is 0. The molecule has 2 aromatic rings. The van der Waals surface area contributed by atoms with E-state index in [0.29, 0.717) is 0 Å². The number of allylic oxidation sites excluding steroid dienone is 2. The van der Waals surface area contributed by atoms with Crippen LogP contribution in [-0.4, -0.2) is 0 Å². The fourth-order valence-corrected chi connectivity index (χ4v) is 2.84. The van der Waals surface area contributed by atoms with E-state index in [-0.39, 0.29) is 0 Å². The molecule has 0 N–H and O–H groups in total. The third-order valence-corrected chi connectivity index (χ3v) is 3.66. The van der Waals surface area contributed by atoms with Crippen molar-refractivity contribution < 1.29 is 0 Å². The predicted molar refractivity (Wildman–Crippen MR) is 78.3 cm³/mol. The lowest BCUT2D eigenvalue weighted by Crippen LogP contribution is -2.12. The second kappa shape index (κ2) is 3.60. The topological polar surface area (TPSA) is 0 Å². The summed E-state index contributed by atoms with van der Waals surface area (Å²) in [5.74, 6) is 0. The Morgan fingerprint density at radius 1 is 0.889 bits per heavy atom. The van der Waals surface area contributed by atoms with Crippen LogP contribution in [0.4, 0.5) is 0 Å². The highest BCUT2D eigenvalue weighted by molar-refractivity contribution is 5.98. The number of hydrogen-bond donors (Lipinski definition) is 0. The van der Waals surface area contributed by atoms with Crippen molar-refractivity contribution in [2.75, 3.05) is 0 Å². The molecule has 0 saturated carbocycles. The first-order valence-corrected chi connectivity index (χ1v) is 6.29. The minimum Gasteiger partial charge on any atom is -0.120 e. The molecule has 0 unspecified atom stereocenters. The maximum Gasteiger partial charge on any atom is -0.00205 e. The van der Waals surface area contributed by atoms with Gasteiger partial charge in [0.05, 0.1) is 0 Å². The van der Waals surface area contributed by atoms with E-state index in [1.54, 1.807) is 0 Å². The molecule has 2 aliphatic carbocycles. The Morgan fingerprint density at radius 3 is 2.72 bits per heavy atom. The summed E-state index contributed by atoms with van der Waals surface area (Å²) in [4.78, 5) is 0. The number of benzene rings is 2. The van der Waals surface area contributed by atoms with Crippen LogP contribution in [0, 0.1) is 0 Å². The van der Waals surface area contributed by atoms with Crippen LogP contribution in [0.3, 0.4) is 0 Å². The van der Waals surface area contributed by atoms with Crippen LogP contribution in [0.25, 0.3) is 35.1 Å². The molecule has 0 radical (unpaired) electrons. The van der Waals surface area contributed by atoms with E-state index in [9.17, 15) is 0 Å². The van der Waals surface area contributed by atoms with Crippen molar-refractivity contribution in [3.63, 3.8) is 0 Å². The van der Waals surface area contributed by atoms with Gasteiger partial charge in [-0.15, -0.1) is 5.73 Å². The molecule has 0 spiro atoms. The molecule has 0 nitrogen and oxygen atoms in total. The summed E-state index contributed by atoms with van der Waals surface area (Å²) in [5.41, 5.74) is 5.80. The van der Waals surface area contributed by atoms with Crippen LogP contribution in [-0.2, 0) is 0 Å². The van der Waals surface area contributed by atoms with Crippen molar-refractivity contribution >= 4 is 35.1 Å². The number of hydrogen-bond acceptors (Lipinski definition) is 0. The van der Waals surface area contributed by atoms with Crippen LogP contribution >= 0.6 is 0 Å². The molecule has 0 heteroatoms. The summed E-state index contributed by atoms with van der Waals surface area (Å²) in [7, 11) is 0. The van der Waals surface area contributed by atoms with Crippen molar-refractivity contribution in [3.8, 4) is 0 Å². The highest BCUT2D eigenvalue weighted by atomic mass is 14.1. The van der Waals surface area contributed by atoms with Crippen molar-refractivity contribution in [1.82, 2.24) is 0 Å². The SMILES string of the molecule is C1=CC=c2ccc3c4c(ccc(c24)C=1)C=CCC=3. The molecule has 4 rings (SSSR count). The Labute approximate surface area is 106 Å². The monoisotopic (exact) mass is 228 g/mol. The highest BCUT2D eigenvalue weighted by Crippen LogP contribution is 2.22. The lowest BCUT2D eigenvalue weighted by Gasteiger charge is -2.07. The lowest BCUT2D eigenvalue weighted by atomic mass is 9.96. The molecule has 0 aliphatic heterocycles. The Hall–Kier alpha value is -2.30. The number of rotatable bonds is 0. The lowest BCUT2D eigenvalue weighted by molar-refractivity contribution is 1.50. The predicted octanol–water partition coefficient (Wildman–Crippen LogP) is 3.00. The van der Waals surface area contributed by atoms with Crippen molar-refractivity contribution in [2.24, 2.45) is 0 Å². The first-order chi connectivity index (χ1) is 8.93. The molecule has 18 heavy (non-hydrogen) atoms. The zero-order chi connectivity index (χ0) is 11.9. The molecule has 0 amide bonds. The zero-order valence-electron chi connectivity index (χ0n) is 9.98. The van der Waals surface area contributed by atoms with Gasteiger partial charge in [0.15, 0.2) is 0 Å². The van der Waals surface area contributed by atoms with Crippen LogP contribution in [0.2, 0.25) is 0 Å². The fourth-order valence-electron chi connectivity index (χ4n) is 2.84.